The second kappa shape index (κ2) is 61.3. The van der Waals surface area contributed by atoms with Gasteiger partial charge in [-0.15, -0.1) is 0 Å². The quantitative estimate of drug-likeness (QED) is 0.0297. The van der Waals surface area contributed by atoms with Crippen molar-refractivity contribution in [3.63, 3.8) is 0 Å². The van der Waals surface area contributed by atoms with Crippen LogP contribution in [0.5, 0.6) is 0 Å². The van der Waals surface area contributed by atoms with Gasteiger partial charge in [-0.05, 0) is 41.5 Å². The minimum absolute atomic E-state index is 0.862. The summed E-state index contributed by atoms with van der Waals surface area (Å²) in [7, 11) is 37.0. The number of hydrogen-bond donors (Lipinski definition) is 6. The van der Waals surface area contributed by atoms with E-state index >= 15 is 0 Å². The molecule has 0 amide bonds. The summed E-state index contributed by atoms with van der Waals surface area (Å²) in [5, 5.41) is 0. The third kappa shape index (κ3) is 233. The zero-order chi connectivity index (χ0) is 71.0. The third-order valence-electron chi connectivity index (χ3n) is 10.5. The van der Waals surface area contributed by atoms with Crippen LogP contribution in [0.4, 0.5) is 20.8 Å². The summed E-state index contributed by atoms with van der Waals surface area (Å²) in [5.41, 5.74) is 0. The summed E-state index contributed by atoms with van der Waals surface area (Å²) in [6, 6.07) is 0. The second-order valence-electron chi connectivity index (χ2n) is 20.5. The molecule has 6 unspecified atom stereocenters. The molecule has 0 aliphatic rings. The van der Waals surface area contributed by atoms with Crippen molar-refractivity contribution in [2.24, 2.45) is 0 Å². The van der Waals surface area contributed by atoms with Crippen molar-refractivity contribution < 1.29 is 148 Å². The van der Waals surface area contributed by atoms with Gasteiger partial charge >= 0.3 is 180 Å². The zero-order valence-electron chi connectivity index (χ0n) is 54.4. The monoisotopic (exact) mass is 1650 g/mol. The summed E-state index contributed by atoms with van der Waals surface area (Å²) in [4.78, 5) is 0. The van der Waals surface area contributed by atoms with Crippen LogP contribution in [0.1, 0.15) is 41.5 Å². The summed E-state index contributed by atoms with van der Waals surface area (Å²) in [5.74, 6) is 0. The Labute approximate surface area is 519 Å². The van der Waals surface area contributed by atoms with Gasteiger partial charge in [0.1, 0.15) is 39.3 Å². The Hall–Kier alpha value is 0.771. The van der Waals surface area contributed by atoms with Gasteiger partial charge in [-0.3, -0.25) is 0 Å². The average molecular weight is 1650 g/mol. The van der Waals surface area contributed by atoms with E-state index in [1.54, 1.807) is 42.7 Å². The standard InChI is InChI=1S/6C7H18NO.6AsFH2O3/c6*1-5-8(2,3)6-7-9-4;6*2-1(3,4)5/h6*5-7H2,1-4H3;6*(H2,3,4,5)/q6*+1;;;;;;/p-6. The van der Waals surface area contributed by atoms with Crippen molar-refractivity contribution in [3.8, 4) is 0 Å². The molecular formula is C42H114As6F6N6O24. The van der Waals surface area contributed by atoms with E-state index in [0.717, 1.165) is 106 Å². The van der Waals surface area contributed by atoms with E-state index in [0.29, 0.717) is 0 Å². The van der Waals surface area contributed by atoms with E-state index in [-0.39, 0.29) is 0 Å². The van der Waals surface area contributed by atoms with E-state index in [9.17, 15) is 20.8 Å². The molecule has 30 nitrogen and oxygen atoms in total. The number of likely N-dealkylation sites (N-methyl/N-ethyl adjacent to an activating group) is 6. The minimum atomic E-state index is -5.88. The van der Waals surface area contributed by atoms with Gasteiger partial charge in [-0.1, -0.05) is 0 Å². The summed E-state index contributed by atoms with van der Waals surface area (Å²) in [6.07, 6.45) is 0. The Bertz CT molecular complexity index is 1360. The molecule has 0 bridgehead atoms. The molecule has 6 N–H and O–H groups in total. The van der Waals surface area contributed by atoms with E-state index in [4.69, 9.17) is 100 Å². The van der Waals surface area contributed by atoms with Gasteiger partial charge in [-0.25, -0.2) is 0 Å². The molecule has 0 spiro atoms. The number of hydrogen-bond acceptors (Lipinski definition) is 18. The molecule has 0 heterocycles. The SMILES string of the molecule is CC[N+](C)(C)CCOC.CC[N+](C)(C)CCOC.CC[N+](C)(C)CCOC.CC[N+](C)(C)CCOC.CC[N+](C)(C)CCOC.CC[N+](C)(C)CCOC.O=[As]([O-])(O)F.O=[As]([O-])(O)F.O=[As]([O-])(O)F.O=[As]([O-])(O)F.O=[As]([O-])(O)F.O=[As]([O-])(O)F. The summed E-state index contributed by atoms with van der Waals surface area (Å²) >= 11 is -35.2. The molecule has 0 saturated carbocycles. The van der Waals surface area contributed by atoms with Crippen LogP contribution in [0.15, 0.2) is 0 Å². The van der Waals surface area contributed by atoms with Gasteiger partial charge in [0.2, 0.25) is 0 Å². The molecule has 84 heavy (non-hydrogen) atoms. The van der Waals surface area contributed by atoms with E-state index < -0.39 is 87.9 Å². The molecule has 0 rings (SSSR count). The Morgan fingerprint density at radius 3 is 0.357 bits per heavy atom. The molecule has 42 heteroatoms. The second-order valence-corrected chi connectivity index (χ2v) is 31.9. The molecule has 0 radical (unpaired) electrons. The third-order valence-corrected chi connectivity index (χ3v) is 10.5. The molecule has 0 aromatic rings. The number of halogens is 6. The van der Waals surface area contributed by atoms with Gasteiger partial charge in [0.15, 0.2) is 0 Å². The molecule has 6 atom stereocenters. The summed E-state index contributed by atoms with van der Waals surface area (Å²) in [6.45, 7) is 32.0. The molecule has 0 aliphatic carbocycles. The van der Waals surface area contributed by atoms with Gasteiger partial charge in [0.05, 0.1) is 163 Å². The molecule has 0 aromatic heterocycles. The average Bonchev–Trinajstić information content (AvgIpc) is 3.28. The van der Waals surface area contributed by atoms with Crippen molar-refractivity contribution in [1.82, 2.24) is 0 Å². The number of quaternary nitrogens is 6. The first-order valence-corrected chi connectivity index (χ1v) is 43.5. The number of nitrogens with zero attached hydrogens (tertiary/aromatic N) is 6. The van der Waals surface area contributed by atoms with Crippen LogP contribution in [0.2, 0.25) is 0 Å². The van der Waals surface area contributed by atoms with Crippen LogP contribution in [0.3, 0.4) is 0 Å². The Morgan fingerprint density at radius 1 is 0.262 bits per heavy atom. The Kier molecular flexibility index (Phi) is 82.0. The van der Waals surface area contributed by atoms with Crippen molar-refractivity contribution in [1.29, 1.82) is 0 Å². The topological polar surface area (TPSA) is 418 Å². The number of methoxy groups -OCH3 is 6. The maximum atomic E-state index is 10.3. The van der Waals surface area contributed by atoms with Crippen LogP contribution in [0.25, 0.3) is 0 Å². The molecular weight excluding hydrogens is 1540 g/mol. The van der Waals surface area contributed by atoms with E-state index in [2.05, 4.69) is 126 Å². The molecule has 0 aromatic carbocycles. The van der Waals surface area contributed by atoms with Crippen LogP contribution >= 0.6 is 0 Å². The first-order chi connectivity index (χ1) is 36.7. The normalized spacial score (nSPS) is 15.4. The van der Waals surface area contributed by atoms with E-state index in [1.165, 1.54) is 39.3 Å². The first-order valence-electron chi connectivity index (χ1n) is 25.0. The fourth-order valence-electron chi connectivity index (χ4n) is 2.98. The zero-order valence-corrected chi connectivity index (χ0v) is 65.7. The van der Waals surface area contributed by atoms with Crippen LogP contribution in [0, 0.1) is 0 Å². The van der Waals surface area contributed by atoms with E-state index in [1.807, 2.05) is 0 Å². The van der Waals surface area contributed by atoms with Crippen molar-refractivity contribution in [3.05, 3.63) is 0 Å². The van der Waals surface area contributed by atoms with Crippen molar-refractivity contribution >= 4 is 87.9 Å². The molecule has 0 fully saturated rings. The fraction of sp³-hybridized carbons (Fsp3) is 1.00. The van der Waals surface area contributed by atoms with Crippen LogP contribution < -0.4 is 24.6 Å². The number of rotatable bonds is 24. The first kappa shape index (κ1) is 112. The summed E-state index contributed by atoms with van der Waals surface area (Å²) < 4.78 is 243. The molecule has 0 aliphatic heterocycles. The Morgan fingerprint density at radius 2 is 0.321 bits per heavy atom. The number of ether oxygens (including phenoxy) is 6. The van der Waals surface area contributed by atoms with Crippen LogP contribution in [-0.2, 0) is 50.9 Å². The van der Waals surface area contributed by atoms with Crippen molar-refractivity contribution in [2.75, 3.05) is 245 Å². The Balaban J connectivity index is -0.0000000680. The molecule has 528 valence electrons. The predicted octanol–water partition coefficient (Wildman–Crippen LogP) is -6.58. The van der Waals surface area contributed by atoms with Crippen molar-refractivity contribution in [2.45, 2.75) is 41.5 Å². The van der Waals surface area contributed by atoms with Gasteiger partial charge in [0, 0.05) is 42.7 Å². The van der Waals surface area contributed by atoms with Gasteiger partial charge in [0.25, 0.3) is 0 Å². The van der Waals surface area contributed by atoms with Gasteiger partial charge < -0.3 is 55.3 Å². The maximum absolute atomic E-state index is 10.3. The van der Waals surface area contributed by atoms with Crippen LogP contribution in [-0.4, -0.2) is 385 Å². The molecule has 0 saturated heterocycles. The predicted molar refractivity (Wildman–Crippen MR) is 295 cm³/mol. The van der Waals surface area contributed by atoms with Gasteiger partial charge in [-0.2, -0.15) is 0 Å². The fourth-order valence-corrected chi connectivity index (χ4v) is 2.98.